The normalized spacial score (nSPS) is 22.4. The van der Waals surface area contributed by atoms with E-state index in [1.165, 1.54) is 38.6 Å². The van der Waals surface area contributed by atoms with Gasteiger partial charge in [0.05, 0.1) is 6.54 Å². The number of piperazine rings is 1. The van der Waals surface area contributed by atoms with Gasteiger partial charge >= 0.3 is 0 Å². The van der Waals surface area contributed by atoms with Crippen LogP contribution in [0.2, 0.25) is 0 Å². The molecular weight excluding hydrogens is 262 g/mol. The summed E-state index contributed by atoms with van der Waals surface area (Å²) in [5.41, 5.74) is 0. The molecule has 1 heterocycles. The molecule has 0 atom stereocenters. The van der Waals surface area contributed by atoms with Crippen LogP contribution in [-0.2, 0) is 4.79 Å². The molecule has 4 nitrogen and oxygen atoms in total. The minimum absolute atomic E-state index is 0.292. The lowest BCUT2D eigenvalue weighted by Gasteiger charge is -2.37. The number of carbonyl (C=O) groups is 1. The largest absolute Gasteiger partial charge is 0.342 e. The second kappa shape index (κ2) is 8.74. The Morgan fingerprint density at radius 1 is 0.952 bits per heavy atom. The summed E-state index contributed by atoms with van der Waals surface area (Å²) in [4.78, 5) is 19.0. The van der Waals surface area contributed by atoms with Crippen molar-refractivity contribution in [3.8, 4) is 0 Å². The molecule has 122 valence electrons. The third kappa shape index (κ3) is 5.26. The fraction of sp³-hybridized carbons (Fsp3) is 0.941. The van der Waals surface area contributed by atoms with Gasteiger partial charge in [-0.15, -0.1) is 0 Å². The Morgan fingerprint density at radius 3 is 2.10 bits per heavy atom. The number of hydrogen-bond acceptors (Lipinski definition) is 3. The molecule has 1 aliphatic heterocycles. The van der Waals surface area contributed by atoms with Crippen molar-refractivity contribution in [2.24, 2.45) is 5.92 Å². The van der Waals surface area contributed by atoms with Crippen LogP contribution in [0.15, 0.2) is 0 Å². The van der Waals surface area contributed by atoms with E-state index in [-0.39, 0.29) is 0 Å². The molecular formula is C17H33N3O. The summed E-state index contributed by atoms with van der Waals surface area (Å²) < 4.78 is 0. The smallest absolute Gasteiger partial charge is 0.236 e. The highest BCUT2D eigenvalue weighted by Gasteiger charge is 2.23. The Labute approximate surface area is 130 Å². The van der Waals surface area contributed by atoms with E-state index in [4.69, 9.17) is 0 Å². The lowest BCUT2D eigenvalue weighted by molar-refractivity contribution is -0.132. The second-order valence-corrected chi connectivity index (χ2v) is 6.65. The van der Waals surface area contributed by atoms with E-state index in [0.29, 0.717) is 12.5 Å². The van der Waals surface area contributed by atoms with Gasteiger partial charge in [-0.3, -0.25) is 9.69 Å². The number of carbonyl (C=O) groups excluding carboxylic acids is 1. The molecule has 0 bridgehead atoms. The van der Waals surface area contributed by atoms with Gasteiger partial charge in [0, 0.05) is 45.8 Å². The van der Waals surface area contributed by atoms with Gasteiger partial charge in [-0.2, -0.15) is 0 Å². The Kier molecular flexibility index (Phi) is 6.97. The van der Waals surface area contributed by atoms with Crippen molar-refractivity contribution >= 4 is 5.91 Å². The molecule has 0 spiro atoms. The molecule has 1 aliphatic carbocycles. The lowest BCUT2D eigenvalue weighted by Crippen LogP contribution is -2.51. The Hall–Kier alpha value is -0.610. The molecule has 0 N–H and O–H groups in total. The van der Waals surface area contributed by atoms with Gasteiger partial charge in [0.15, 0.2) is 0 Å². The van der Waals surface area contributed by atoms with Crippen LogP contribution in [0.4, 0.5) is 0 Å². The first kappa shape index (κ1) is 16.8. The maximum atomic E-state index is 12.1. The van der Waals surface area contributed by atoms with Gasteiger partial charge in [0.2, 0.25) is 5.91 Å². The van der Waals surface area contributed by atoms with Crippen LogP contribution in [0.3, 0.4) is 0 Å². The summed E-state index contributed by atoms with van der Waals surface area (Å²) in [6.45, 7) is 12.1. The second-order valence-electron chi connectivity index (χ2n) is 6.65. The predicted octanol–water partition coefficient (Wildman–Crippen LogP) is 2.05. The van der Waals surface area contributed by atoms with Crippen LogP contribution in [0, 0.1) is 5.92 Å². The van der Waals surface area contributed by atoms with E-state index in [1.54, 1.807) is 0 Å². The number of amides is 1. The maximum absolute atomic E-state index is 12.1. The molecule has 1 saturated carbocycles. The van der Waals surface area contributed by atoms with E-state index in [0.717, 1.165) is 45.2 Å². The van der Waals surface area contributed by atoms with E-state index < -0.39 is 0 Å². The van der Waals surface area contributed by atoms with Crippen LogP contribution in [0.5, 0.6) is 0 Å². The van der Waals surface area contributed by atoms with Crippen molar-refractivity contribution in [3.63, 3.8) is 0 Å². The highest BCUT2D eigenvalue weighted by atomic mass is 16.2. The number of likely N-dealkylation sites (N-methyl/N-ethyl adjacent to an activating group) is 1. The summed E-state index contributed by atoms with van der Waals surface area (Å²) >= 11 is 0. The van der Waals surface area contributed by atoms with Gasteiger partial charge in [0.25, 0.3) is 0 Å². The summed E-state index contributed by atoms with van der Waals surface area (Å²) in [6, 6.07) is 0. The fourth-order valence-electron chi connectivity index (χ4n) is 3.73. The van der Waals surface area contributed by atoms with Crippen LogP contribution in [0.1, 0.15) is 46.0 Å². The average Bonchev–Trinajstić information content (AvgIpc) is 2.51. The highest BCUT2D eigenvalue weighted by Crippen LogP contribution is 2.24. The van der Waals surface area contributed by atoms with Crippen LogP contribution >= 0.6 is 0 Å². The van der Waals surface area contributed by atoms with E-state index >= 15 is 0 Å². The average molecular weight is 295 g/mol. The SMILES string of the molecule is CCN(CC)C(=O)CN1CCN(CC2CCCCC2)CC1. The zero-order valence-electron chi connectivity index (χ0n) is 14.0. The zero-order chi connectivity index (χ0) is 15.1. The van der Waals surface area contributed by atoms with Crippen molar-refractivity contribution in [3.05, 3.63) is 0 Å². The molecule has 2 aliphatic rings. The molecule has 1 amide bonds. The highest BCUT2D eigenvalue weighted by molar-refractivity contribution is 5.78. The van der Waals surface area contributed by atoms with Crippen molar-refractivity contribution in [2.75, 3.05) is 52.4 Å². The van der Waals surface area contributed by atoms with Crippen molar-refractivity contribution < 1.29 is 4.79 Å². The predicted molar refractivity (Wildman–Crippen MR) is 87.4 cm³/mol. The number of nitrogens with zero attached hydrogens (tertiary/aromatic N) is 3. The topological polar surface area (TPSA) is 26.8 Å². The van der Waals surface area contributed by atoms with Crippen LogP contribution in [0.25, 0.3) is 0 Å². The summed E-state index contributed by atoms with van der Waals surface area (Å²) in [5, 5.41) is 0. The van der Waals surface area contributed by atoms with E-state index in [1.807, 2.05) is 4.90 Å². The Morgan fingerprint density at radius 2 is 1.52 bits per heavy atom. The van der Waals surface area contributed by atoms with Gasteiger partial charge in [-0.1, -0.05) is 19.3 Å². The van der Waals surface area contributed by atoms with Gasteiger partial charge in [-0.05, 0) is 32.6 Å². The molecule has 0 aromatic heterocycles. The van der Waals surface area contributed by atoms with E-state index in [2.05, 4.69) is 23.6 Å². The van der Waals surface area contributed by atoms with Gasteiger partial charge < -0.3 is 9.80 Å². The lowest BCUT2D eigenvalue weighted by atomic mass is 9.89. The van der Waals surface area contributed by atoms with Crippen LogP contribution in [-0.4, -0.2) is 73.0 Å². The van der Waals surface area contributed by atoms with Gasteiger partial charge in [-0.25, -0.2) is 0 Å². The van der Waals surface area contributed by atoms with E-state index in [9.17, 15) is 4.79 Å². The number of rotatable bonds is 6. The Balaban J connectivity index is 1.66. The maximum Gasteiger partial charge on any atom is 0.236 e. The summed E-state index contributed by atoms with van der Waals surface area (Å²) in [6.07, 6.45) is 7.17. The molecule has 4 heteroatoms. The fourth-order valence-corrected chi connectivity index (χ4v) is 3.73. The van der Waals surface area contributed by atoms with Crippen LogP contribution < -0.4 is 0 Å². The molecule has 1 saturated heterocycles. The minimum atomic E-state index is 0.292. The Bertz CT molecular complexity index is 303. The monoisotopic (exact) mass is 295 g/mol. The molecule has 21 heavy (non-hydrogen) atoms. The molecule has 2 rings (SSSR count). The summed E-state index contributed by atoms with van der Waals surface area (Å²) in [5.74, 6) is 1.23. The number of hydrogen-bond donors (Lipinski definition) is 0. The van der Waals surface area contributed by atoms with Gasteiger partial charge in [0.1, 0.15) is 0 Å². The molecule has 0 aromatic carbocycles. The minimum Gasteiger partial charge on any atom is -0.342 e. The summed E-state index contributed by atoms with van der Waals surface area (Å²) in [7, 11) is 0. The molecule has 0 radical (unpaired) electrons. The molecule has 0 aromatic rings. The first-order valence-corrected chi connectivity index (χ1v) is 8.95. The quantitative estimate of drug-likeness (QED) is 0.750. The first-order valence-electron chi connectivity index (χ1n) is 8.95. The first-order chi connectivity index (χ1) is 10.2. The molecule has 0 unspecified atom stereocenters. The third-order valence-corrected chi connectivity index (χ3v) is 5.18. The third-order valence-electron chi connectivity index (χ3n) is 5.18. The van der Waals surface area contributed by atoms with Crippen molar-refractivity contribution in [1.29, 1.82) is 0 Å². The van der Waals surface area contributed by atoms with Crippen molar-refractivity contribution in [1.82, 2.24) is 14.7 Å². The van der Waals surface area contributed by atoms with Crippen molar-refractivity contribution in [2.45, 2.75) is 46.0 Å². The standard InChI is InChI=1S/C17H33N3O/c1-3-20(4-2)17(21)15-19-12-10-18(11-13-19)14-16-8-6-5-7-9-16/h16H,3-15H2,1-2H3. The molecule has 2 fully saturated rings. The zero-order valence-corrected chi connectivity index (χ0v) is 14.0.